The number of hydrogen-bond acceptors (Lipinski definition) is 7. The number of hydrogen-bond donors (Lipinski definition) is 1. The minimum absolute atomic E-state index is 0.0823. The molecule has 0 aromatic carbocycles. The summed E-state index contributed by atoms with van der Waals surface area (Å²) in [5.41, 5.74) is 0. The summed E-state index contributed by atoms with van der Waals surface area (Å²) in [6, 6.07) is -0.696. The average molecular weight is 330 g/mol. The van der Waals surface area contributed by atoms with Crippen LogP contribution in [0.5, 0.6) is 0 Å². The van der Waals surface area contributed by atoms with Crippen molar-refractivity contribution in [2.45, 2.75) is 43.7 Å². The zero-order valence-corrected chi connectivity index (χ0v) is 13.4. The number of carbonyl (C=O) groups excluding carboxylic acids is 4. The fourth-order valence-electron chi connectivity index (χ4n) is 2.55. The fourth-order valence-corrected chi connectivity index (χ4v) is 3.97. The highest BCUT2D eigenvalue weighted by Crippen LogP contribution is 2.47. The van der Waals surface area contributed by atoms with Crippen LogP contribution in [0.4, 0.5) is 4.79 Å². The second-order valence-electron chi connectivity index (χ2n) is 5.33. The molecule has 0 aliphatic carbocycles. The van der Waals surface area contributed by atoms with E-state index in [9.17, 15) is 19.2 Å². The van der Waals surface area contributed by atoms with E-state index in [-0.39, 0.29) is 10.8 Å². The highest BCUT2D eigenvalue weighted by atomic mass is 32.2. The highest BCUT2D eigenvalue weighted by molar-refractivity contribution is 8.01. The van der Waals surface area contributed by atoms with Crippen LogP contribution in [-0.2, 0) is 23.9 Å². The van der Waals surface area contributed by atoms with Gasteiger partial charge < -0.3 is 14.4 Å². The maximum Gasteiger partial charge on any atom is 0.413 e. The summed E-state index contributed by atoms with van der Waals surface area (Å²) in [7, 11) is 1.12. The number of nitrogens with zero attached hydrogens (tertiary/aromatic N) is 1. The quantitative estimate of drug-likeness (QED) is 0.740. The summed E-state index contributed by atoms with van der Waals surface area (Å²) in [6.07, 6.45) is -0.975. The van der Waals surface area contributed by atoms with Crippen LogP contribution in [0, 0.1) is 0 Å². The Labute approximate surface area is 131 Å². The number of thioether (sulfide) groups is 1. The smallest absolute Gasteiger partial charge is 0.413 e. The van der Waals surface area contributed by atoms with Crippen molar-refractivity contribution in [3.8, 4) is 0 Å². The first-order valence-electron chi connectivity index (χ1n) is 6.84. The molecule has 1 N–H and O–H groups in total. The van der Waals surface area contributed by atoms with Gasteiger partial charge in [-0.05, 0) is 20.3 Å². The van der Waals surface area contributed by atoms with Gasteiger partial charge in [0.25, 0.3) is 5.91 Å². The molecule has 0 radical (unpaired) electrons. The normalized spacial score (nSPS) is 28.0. The molecule has 22 heavy (non-hydrogen) atoms. The first-order valence-corrected chi connectivity index (χ1v) is 7.82. The summed E-state index contributed by atoms with van der Waals surface area (Å²) in [5.74, 6) is -1.06. The predicted molar refractivity (Wildman–Crippen MR) is 76.8 cm³/mol. The Bertz CT molecular complexity index is 525. The van der Waals surface area contributed by atoms with Crippen LogP contribution in [0.25, 0.3) is 0 Å². The molecule has 0 spiro atoms. The molecule has 3 atom stereocenters. The first kappa shape index (κ1) is 16.6. The van der Waals surface area contributed by atoms with E-state index in [0.717, 1.165) is 7.11 Å². The Morgan fingerprint density at radius 2 is 2.14 bits per heavy atom. The molecule has 0 aromatic rings. The molecule has 0 bridgehead atoms. The predicted octanol–water partition coefficient (Wildman–Crippen LogP) is 0.255. The maximum absolute atomic E-state index is 12.2. The van der Waals surface area contributed by atoms with Gasteiger partial charge in [-0.2, -0.15) is 0 Å². The van der Waals surface area contributed by atoms with Gasteiger partial charge in [0.05, 0.1) is 12.0 Å². The molecule has 0 saturated carbocycles. The van der Waals surface area contributed by atoms with E-state index in [4.69, 9.17) is 4.74 Å². The minimum Gasteiger partial charge on any atom is -0.453 e. The number of carbonyl (C=O) groups is 4. The molecule has 2 rings (SSSR count). The first-order chi connectivity index (χ1) is 10.3. The summed E-state index contributed by atoms with van der Waals surface area (Å²) >= 11 is 1.53. The van der Waals surface area contributed by atoms with E-state index in [1.54, 1.807) is 4.90 Å². The topological polar surface area (TPSA) is 102 Å². The number of rotatable bonds is 3. The number of esters is 1. The van der Waals surface area contributed by atoms with E-state index >= 15 is 0 Å². The molecule has 8 nitrogen and oxygen atoms in total. The molecule has 0 unspecified atom stereocenters. The van der Waals surface area contributed by atoms with Gasteiger partial charge in [0.15, 0.2) is 6.10 Å². The number of fused-ring (bicyclic) bond motifs is 1. The number of alkyl carbamates (subject to hydrolysis) is 1. The number of ether oxygens (including phenoxy) is 2. The SMILES string of the molecule is COC(=O)NC(=O)[C@H](C)OC(=O)[C@@H]1CS[C@@]2(C)CCC(=O)N12. The third kappa shape index (κ3) is 3.03. The molecular weight excluding hydrogens is 312 g/mol. The van der Waals surface area contributed by atoms with Crippen LogP contribution in [0.2, 0.25) is 0 Å². The molecule has 0 aromatic heterocycles. The fraction of sp³-hybridized carbons (Fsp3) is 0.692. The Hall–Kier alpha value is -1.77. The lowest BCUT2D eigenvalue weighted by atomic mass is 10.2. The Morgan fingerprint density at radius 1 is 1.45 bits per heavy atom. The second kappa shape index (κ2) is 6.15. The molecule has 2 heterocycles. The number of nitrogens with one attached hydrogen (secondary N) is 1. The van der Waals surface area contributed by atoms with Gasteiger partial charge in [-0.1, -0.05) is 0 Å². The second-order valence-corrected chi connectivity index (χ2v) is 6.83. The van der Waals surface area contributed by atoms with Crippen molar-refractivity contribution in [1.82, 2.24) is 10.2 Å². The van der Waals surface area contributed by atoms with Gasteiger partial charge in [0, 0.05) is 12.2 Å². The van der Waals surface area contributed by atoms with E-state index in [0.29, 0.717) is 18.6 Å². The van der Waals surface area contributed by atoms with Gasteiger partial charge in [0.2, 0.25) is 5.91 Å². The highest BCUT2D eigenvalue weighted by Gasteiger charge is 2.53. The Kier molecular flexibility index (Phi) is 4.64. The standard InChI is InChI=1S/C13H18N2O6S/c1-7(10(17)14-12(19)20-3)21-11(18)8-6-22-13(2)5-4-9(16)15(8)13/h7-8H,4-6H2,1-3H3,(H,14,17,19)/t7-,8-,13-/m0/s1. The monoisotopic (exact) mass is 330 g/mol. The van der Waals surface area contributed by atoms with Crippen LogP contribution in [0.3, 0.4) is 0 Å². The molecule has 2 saturated heterocycles. The van der Waals surface area contributed by atoms with Gasteiger partial charge in [-0.3, -0.25) is 14.9 Å². The molecule has 2 fully saturated rings. The minimum atomic E-state index is -1.15. The molecular formula is C13H18N2O6S. The number of imide groups is 1. The van der Waals surface area contributed by atoms with E-state index in [1.165, 1.54) is 18.7 Å². The maximum atomic E-state index is 12.2. The summed E-state index contributed by atoms with van der Waals surface area (Å²) in [6.45, 7) is 3.27. The van der Waals surface area contributed by atoms with Crippen molar-refractivity contribution in [3.63, 3.8) is 0 Å². The lowest BCUT2D eigenvalue weighted by molar-refractivity contribution is -0.161. The van der Waals surface area contributed by atoms with Crippen molar-refractivity contribution in [2.24, 2.45) is 0 Å². The van der Waals surface area contributed by atoms with Gasteiger partial charge in [-0.15, -0.1) is 11.8 Å². The lowest BCUT2D eigenvalue weighted by Gasteiger charge is -2.29. The number of methoxy groups -OCH3 is 1. The van der Waals surface area contributed by atoms with Crippen LogP contribution in [0.1, 0.15) is 26.7 Å². The van der Waals surface area contributed by atoms with Crippen LogP contribution in [0.15, 0.2) is 0 Å². The van der Waals surface area contributed by atoms with Crippen LogP contribution in [-0.4, -0.2) is 58.7 Å². The number of amides is 3. The Morgan fingerprint density at radius 3 is 2.77 bits per heavy atom. The van der Waals surface area contributed by atoms with Crippen molar-refractivity contribution in [2.75, 3.05) is 12.9 Å². The molecule has 3 amide bonds. The molecule has 2 aliphatic heterocycles. The summed E-state index contributed by atoms with van der Waals surface area (Å²) in [5, 5.41) is 1.92. The van der Waals surface area contributed by atoms with Crippen molar-refractivity contribution in [1.29, 1.82) is 0 Å². The zero-order chi connectivity index (χ0) is 16.5. The van der Waals surface area contributed by atoms with Crippen LogP contribution >= 0.6 is 11.8 Å². The summed E-state index contributed by atoms with van der Waals surface area (Å²) < 4.78 is 9.37. The van der Waals surface area contributed by atoms with Crippen molar-refractivity contribution < 1.29 is 28.7 Å². The van der Waals surface area contributed by atoms with Gasteiger partial charge >= 0.3 is 12.1 Å². The molecule has 122 valence electrons. The Balaban J connectivity index is 1.96. The molecule has 9 heteroatoms. The van der Waals surface area contributed by atoms with Gasteiger partial charge in [0.1, 0.15) is 6.04 Å². The van der Waals surface area contributed by atoms with Crippen LogP contribution < -0.4 is 5.32 Å². The summed E-state index contributed by atoms with van der Waals surface area (Å²) in [4.78, 5) is 47.9. The molecule has 2 aliphatic rings. The van der Waals surface area contributed by atoms with E-state index in [1.807, 2.05) is 12.2 Å². The third-order valence-corrected chi connectivity index (χ3v) is 5.29. The third-order valence-electron chi connectivity index (χ3n) is 3.79. The largest absolute Gasteiger partial charge is 0.453 e. The lowest BCUT2D eigenvalue weighted by Crippen LogP contribution is -2.48. The van der Waals surface area contributed by atoms with Gasteiger partial charge in [-0.25, -0.2) is 9.59 Å². The average Bonchev–Trinajstić information content (AvgIpc) is 2.95. The van der Waals surface area contributed by atoms with Crippen molar-refractivity contribution >= 4 is 35.6 Å². The van der Waals surface area contributed by atoms with E-state index < -0.39 is 30.1 Å². The zero-order valence-electron chi connectivity index (χ0n) is 12.6. The van der Waals surface area contributed by atoms with Crippen molar-refractivity contribution in [3.05, 3.63) is 0 Å². The van der Waals surface area contributed by atoms with E-state index in [2.05, 4.69) is 4.74 Å².